The molecule has 1 heterocycles. The zero-order chi connectivity index (χ0) is 10.7. The molecule has 0 spiro atoms. The van der Waals surface area contributed by atoms with Crippen molar-refractivity contribution in [3.8, 4) is 5.75 Å². The first-order valence-electron chi connectivity index (χ1n) is 4.29. The molecule has 0 bridgehead atoms. The average Bonchev–Trinajstić information content (AvgIpc) is 2.42. The summed E-state index contributed by atoms with van der Waals surface area (Å²) < 4.78 is 3.33. The zero-order valence-electron chi connectivity index (χ0n) is 8.08. The largest absolute Gasteiger partial charge is 0.504 e. The van der Waals surface area contributed by atoms with Crippen LogP contribution < -0.4 is 5.73 Å². The summed E-state index contributed by atoms with van der Waals surface area (Å²) in [6.45, 7) is 5.95. The summed E-state index contributed by atoms with van der Waals surface area (Å²) in [5.74, 6) is 0.108. The van der Waals surface area contributed by atoms with Crippen LogP contribution in [0.25, 0.3) is 0 Å². The van der Waals surface area contributed by atoms with Crippen molar-refractivity contribution < 1.29 is 5.11 Å². The van der Waals surface area contributed by atoms with Crippen molar-refractivity contribution in [3.63, 3.8) is 0 Å². The van der Waals surface area contributed by atoms with E-state index in [1.807, 2.05) is 0 Å². The molecule has 6 heteroatoms. The summed E-state index contributed by atoms with van der Waals surface area (Å²) in [6.07, 6.45) is 0. The number of halogens is 1. The maximum absolute atomic E-state index is 9.61. The molecule has 1 rings (SSSR count). The van der Waals surface area contributed by atoms with E-state index in [2.05, 4.69) is 18.2 Å². The summed E-state index contributed by atoms with van der Waals surface area (Å²) >= 11 is 8.61. The van der Waals surface area contributed by atoms with Gasteiger partial charge in [0.05, 0.1) is 0 Å². The first-order chi connectivity index (χ1) is 6.60. The molecule has 80 valence electrons. The van der Waals surface area contributed by atoms with E-state index in [0.717, 1.165) is 17.3 Å². The number of thiophene rings is 1. The molecule has 0 unspecified atom stereocenters. The van der Waals surface area contributed by atoms with E-state index in [1.54, 1.807) is 0 Å². The number of aromatic hydroxyl groups is 1. The second-order valence-electron chi connectivity index (χ2n) is 2.63. The van der Waals surface area contributed by atoms with Crippen LogP contribution in [0, 0.1) is 0 Å². The molecule has 3 nitrogen and oxygen atoms in total. The van der Waals surface area contributed by atoms with E-state index in [9.17, 15) is 5.11 Å². The number of anilines is 1. The second-order valence-corrected chi connectivity index (χ2v) is 5.62. The lowest BCUT2D eigenvalue weighted by atomic mass is 10.5. The molecule has 0 fully saturated rings. The molecule has 0 amide bonds. The molecular formula is C8H13ClN2OS2. The summed E-state index contributed by atoms with van der Waals surface area (Å²) in [6, 6.07) is 0. The highest BCUT2D eigenvalue weighted by atomic mass is 35.5. The maximum atomic E-state index is 9.61. The molecule has 0 aliphatic heterocycles. The lowest BCUT2D eigenvalue weighted by Gasteiger charge is -2.15. The zero-order valence-corrected chi connectivity index (χ0v) is 10.5. The predicted octanol–water partition coefficient (Wildman–Crippen LogP) is 3.04. The Kier molecular flexibility index (Phi) is 4.37. The van der Waals surface area contributed by atoms with E-state index in [1.165, 1.54) is 23.3 Å². The van der Waals surface area contributed by atoms with E-state index in [4.69, 9.17) is 17.3 Å². The predicted molar refractivity (Wildman–Crippen MR) is 64.2 cm³/mol. The van der Waals surface area contributed by atoms with Gasteiger partial charge in [-0.2, -0.15) is 0 Å². The van der Waals surface area contributed by atoms with Crippen molar-refractivity contribution in [1.82, 2.24) is 4.31 Å². The number of hydrogen-bond acceptors (Lipinski definition) is 5. The fourth-order valence-corrected chi connectivity index (χ4v) is 3.36. The second kappa shape index (κ2) is 5.11. The third kappa shape index (κ3) is 2.48. The van der Waals surface area contributed by atoms with Gasteiger partial charge in [0.2, 0.25) is 0 Å². The van der Waals surface area contributed by atoms with Gasteiger partial charge in [0, 0.05) is 13.1 Å². The number of nitrogens with two attached hydrogens (primary N) is 1. The minimum atomic E-state index is 0.108. The van der Waals surface area contributed by atoms with Gasteiger partial charge >= 0.3 is 0 Å². The van der Waals surface area contributed by atoms with E-state index in [0.29, 0.717) is 4.34 Å². The number of rotatable bonds is 4. The van der Waals surface area contributed by atoms with Gasteiger partial charge < -0.3 is 10.8 Å². The maximum Gasteiger partial charge on any atom is 0.166 e. The highest BCUT2D eigenvalue weighted by molar-refractivity contribution is 7.99. The summed E-state index contributed by atoms with van der Waals surface area (Å²) in [5, 5.41) is 9.61. The normalized spacial score (nSPS) is 11.1. The summed E-state index contributed by atoms with van der Waals surface area (Å²) in [5.41, 5.74) is 5.84. The molecular weight excluding hydrogens is 240 g/mol. The Labute approximate surface area is 97.0 Å². The lowest BCUT2D eigenvalue weighted by Crippen LogP contribution is -2.13. The summed E-state index contributed by atoms with van der Waals surface area (Å²) in [7, 11) is 0. The van der Waals surface area contributed by atoms with Gasteiger partial charge in [-0.15, -0.1) is 11.3 Å². The third-order valence-electron chi connectivity index (χ3n) is 1.76. The van der Waals surface area contributed by atoms with Crippen LogP contribution in [-0.2, 0) is 0 Å². The van der Waals surface area contributed by atoms with E-state index < -0.39 is 0 Å². The van der Waals surface area contributed by atoms with Crippen LogP contribution >= 0.6 is 34.9 Å². The first kappa shape index (κ1) is 12.0. The van der Waals surface area contributed by atoms with Crippen molar-refractivity contribution in [2.75, 3.05) is 18.8 Å². The minimum absolute atomic E-state index is 0.108. The molecule has 1 aromatic heterocycles. The van der Waals surface area contributed by atoms with Gasteiger partial charge in [-0.25, -0.2) is 4.31 Å². The molecule has 1 aromatic rings. The molecule has 0 aromatic carbocycles. The van der Waals surface area contributed by atoms with Crippen molar-refractivity contribution in [3.05, 3.63) is 4.34 Å². The fourth-order valence-electron chi connectivity index (χ4n) is 0.920. The van der Waals surface area contributed by atoms with Crippen molar-refractivity contribution in [2.24, 2.45) is 0 Å². The van der Waals surface area contributed by atoms with Crippen LogP contribution in [0.2, 0.25) is 4.34 Å². The molecule has 0 saturated heterocycles. The Morgan fingerprint density at radius 2 is 2.07 bits per heavy atom. The molecule has 0 aliphatic rings. The van der Waals surface area contributed by atoms with Crippen molar-refractivity contribution in [2.45, 2.75) is 18.1 Å². The molecule has 14 heavy (non-hydrogen) atoms. The fraction of sp³-hybridized carbons (Fsp3) is 0.500. The van der Waals surface area contributed by atoms with Gasteiger partial charge in [0.1, 0.15) is 14.2 Å². The Hall–Kier alpha value is -0.100. The smallest absolute Gasteiger partial charge is 0.166 e. The van der Waals surface area contributed by atoms with Crippen molar-refractivity contribution >= 4 is 40.6 Å². The van der Waals surface area contributed by atoms with Crippen LogP contribution in [0.15, 0.2) is 4.21 Å². The third-order valence-corrected chi connectivity index (χ3v) is 4.58. The monoisotopic (exact) mass is 252 g/mol. The summed E-state index contributed by atoms with van der Waals surface area (Å²) in [4.78, 5) is 0. The van der Waals surface area contributed by atoms with Crippen molar-refractivity contribution in [1.29, 1.82) is 0 Å². The molecule has 0 saturated carbocycles. The number of nitrogen functional groups attached to an aromatic ring is 1. The quantitative estimate of drug-likeness (QED) is 0.809. The first-order valence-corrected chi connectivity index (χ1v) is 6.26. The van der Waals surface area contributed by atoms with Crippen LogP contribution in [0.3, 0.4) is 0 Å². The van der Waals surface area contributed by atoms with Gasteiger partial charge in [0.25, 0.3) is 0 Å². The Bertz CT molecular complexity index is 313. The van der Waals surface area contributed by atoms with Gasteiger partial charge in [-0.1, -0.05) is 25.4 Å². The Morgan fingerprint density at radius 3 is 2.43 bits per heavy atom. The van der Waals surface area contributed by atoms with Crippen LogP contribution in [0.5, 0.6) is 5.75 Å². The Morgan fingerprint density at radius 1 is 1.50 bits per heavy atom. The molecule has 0 aliphatic carbocycles. The lowest BCUT2D eigenvalue weighted by molar-refractivity contribution is 0.467. The molecule has 0 radical (unpaired) electrons. The highest BCUT2D eigenvalue weighted by Crippen LogP contribution is 2.46. The van der Waals surface area contributed by atoms with Crippen LogP contribution in [-0.4, -0.2) is 22.5 Å². The average molecular weight is 253 g/mol. The standard InChI is InChI=1S/C8H13ClN2OS2/c1-3-11(4-2)14-8-6(12)5(10)7(9)13-8/h12H,3-4,10H2,1-2H3. The Balaban J connectivity index is 2.81. The van der Waals surface area contributed by atoms with Gasteiger partial charge in [-0.3, -0.25) is 0 Å². The molecule has 0 atom stereocenters. The highest BCUT2D eigenvalue weighted by Gasteiger charge is 2.16. The topological polar surface area (TPSA) is 49.5 Å². The van der Waals surface area contributed by atoms with Crippen LogP contribution in [0.4, 0.5) is 5.69 Å². The molecule has 3 N–H and O–H groups in total. The van der Waals surface area contributed by atoms with E-state index >= 15 is 0 Å². The minimum Gasteiger partial charge on any atom is -0.504 e. The van der Waals surface area contributed by atoms with Crippen LogP contribution in [0.1, 0.15) is 13.8 Å². The number of nitrogens with zero attached hydrogens (tertiary/aromatic N) is 1. The van der Waals surface area contributed by atoms with Gasteiger partial charge in [0.15, 0.2) is 5.75 Å². The van der Waals surface area contributed by atoms with E-state index in [-0.39, 0.29) is 11.4 Å². The SMILES string of the molecule is CCN(CC)Sc1sc(Cl)c(N)c1O. The number of hydrogen-bond donors (Lipinski definition) is 2. The van der Waals surface area contributed by atoms with Gasteiger partial charge in [-0.05, 0) is 11.9 Å².